The van der Waals surface area contributed by atoms with Crippen molar-refractivity contribution in [1.29, 1.82) is 0 Å². The second-order valence-electron chi connectivity index (χ2n) is 3.49. The fraction of sp³-hybridized carbons (Fsp3) is 0.700. The predicted octanol–water partition coefficient (Wildman–Crippen LogP) is 1.31. The zero-order chi connectivity index (χ0) is 11.8. The molecule has 0 radical (unpaired) electrons. The molecular formula is C10H16O5. The predicted molar refractivity (Wildman–Crippen MR) is 52.5 cm³/mol. The average molecular weight is 216 g/mol. The number of hydrogen-bond donors (Lipinski definition) is 2. The summed E-state index contributed by atoms with van der Waals surface area (Å²) in [5.41, 5.74) is 0. The van der Waals surface area contributed by atoms with Crippen molar-refractivity contribution >= 4 is 17.7 Å². The average Bonchev–Trinajstić information content (AvgIpc) is 2.08. The quantitative estimate of drug-likeness (QED) is 0.471. The van der Waals surface area contributed by atoms with Gasteiger partial charge >= 0.3 is 11.9 Å². The van der Waals surface area contributed by atoms with E-state index in [0.29, 0.717) is 25.7 Å². The van der Waals surface area contributed by atoms with Crippen LogP contribution >= 0.6 is 0 Å². The molecule has 0 aromatic heterocycles. The van der Waals surface area contributed by atoms with Crippen LogP contribution < -0.4 is 0 Å². The molecule has 2 N–H and O–H groups in total. The minimum absolute atomic E-state index is 0.0950. The Balaban J connectivity index is 3.68. The molecule has 1 unspecified atom stereocenters. The van der Waals surface area contributed by atoms with Crippen LogP contribution in [0.4, 0.5) is 0 Å². The summed E-state index contributed by atoms with van der Waals surface area (Å²) in [6.07, 6.45) is 2.13. The van der Waals surface area contributed by atoms with Gasteiger partial charge in [-0.2, -0.15) is 0 Å². The number of carboxylic acid groups (broad SMARTS) is 2. The third-order valence-corrected chi connectivity index (χ3v) is 2.17. The first-order valence-corrected chi connectivity index (χ1v) is 4.90. The molecule has 0 amide bonds. The summed E-state index contributed by atoms with van der Waals surface area (Å²) in [5, 5.41) is 17.0. The van der Waals surface area contributed by atoms with Crippen molar-refractivity contribution in [3.63, 3.8) is 0 Å². The van der Waals surface area contributed by atoms with Gasteiger partial charge in [0.15, 0.2) is 0 Å². The second-order valence-corrected chi connectivity index (χ2v) is 3.49. The minimum Gasteiger partial charge on any atom is -0.481 e. The summed E-state index contributed by atoms with van der Waals surface area (Å²) in [6, 6.07) is 0. The summed E-state index contributed by atoms with van der Waals surface area (Å²) in [6.45, 7) is 1.26. The number of rotatable bonds is 8. The molecule has 0 aromatic carbocycles. The molecule has 0 spiro atoms. The molecule has 0 heterocycles. The van der Waals surface area contributed by atoms with Crippen molar-refractivity contribution in [3.8, 4) is 0 Å². The first-order valence-electron chi connectivity index (χ1n) is 4.90. The Morgan fingerprint density at radius 2 is 1.67 bits per heavy atom. The summed E-state index contributed by atoms with van der Waals surface area (Å²) in [7, 11) is 0. The standard InChI is InChI=1S/C10H16O5/c1-7(11)8(10(14)15)5-3-2-4-6-9(12)13/h8H,2-6H2,1H3,(H,12,13)(H,14,15). The molecule has 0 aliphatic rings. The first-order chi connectivity index (χ1) is 6.95. The van der Waals surface area contributed by atoms with E-state index in [1.807, 2.05) is 0 Å². The number of aliphatic carboxylic acids is 2. The molecule has 0 saturated heterocycles. The van der Waals surface area contributed by atoms with Gasteiger partial charge in [0.1, 0.15) is 11.7 Å². The maximum Gasteiger partial charge on any atom is 0.314 e. The number of Topliss-reactive ketones (excluding diaryl/α,β-unsaturated/α-hetero) is 1. The molecular weight excluding hydrogens is 200 g/mol. The van der Waals surface area contributed by atoms with Gasteiger partial charge in [0.2, 0.25) is 0 Å². The van der Waals surface area contributed by atoms with Crippen LogP contribution in [-0.4, -0.2) is 27.9 Å². The third-order valence-electron chi connectivity index (χ3n) is 2.17. The first kappa shape index (κ1) is 13.6. The van der Waals surface area contributed by atoms with Gasteiger partial charge in [0, 0.05) is 6.42 Å². The lowest BCUT2D eigenvalue weighted by molar-refractivity contribution is -0.146. The number of carbonyl (C=O) groups is 3. The van der Waals surface area contributed by atoms with Crippen molar-refractivity contribution in [2.75, 3.05) is 0 Å². The van der Waals surface area contributed by atoms with Gasteiger partial charge < -0.3 is 10.2 Å². The number of unbranched alkanes of at least 4 members (excludes halogenated alkanes) is 2. The van der Waals surface area contributed by atoms with Crippen molar-refractivity contribution in [3.05, 3.63) is 0 Å². The Labute approximate surface area is 88.1 Å². The lowest BCUT2D eigenvalue weighted by atomic mass is 9.97. The van der Waals surface area contributed by atoms with Gasteiger partial charge in [-0.15, -0.1) is 0 Å². The molecule has 0 aliphatic carbocycles. The number of carbonyl (C=O) groups excluding carboxylic acids is 1. The molecule has 0 fully saturated rings. The Morgan fingerprint density at radius 3 is 2.07 bits per heavy atom. The van der Waals surface area contributed by atoms with Crippen molar-refractivity contribution in [2.24, 2.45) is 5.92 Å². The highest BCUT2D eigenvalue weighted by Gasteiger charge is 2.21. The smallest absolute Gasteiger partial charge is 0.314 e. The maximum absolute atomic E-state index is 10.9. The second kappa shape index (κ2) is 6.98. The topological polar surface area (TPSA) is 91.7 Å². The van der Waals surface area contributed by atoms with Crippen molar-refractivity contribution < 1.29 is 24.6 Å². The summed E-state index contributed by atoms with van der Waals surface area (Å²) < 4.78 is 0. The van der Waals surface area contributed by atoms with E-state index < -0.39 is 17.9 Å². The van der Waals surface area contributed by atoms with E-state index in [1.54, 1.807) is 0 Å². The van der Waals surface area contributed by atoms with Crippen LogP contribution in [-0.2, 0) is 14.4 Å². The van der Waals surface area contributed by atoms with Gasteiger partial charge in [0.05, 0.1) is 0 Å². The largest absolute Gasteiger partial charge is 0.481 e. The molecule has 5 nitrogen and oxygen atoms in total. The monoisotopic (exact) mass is 216 g/mol. The fourth-order valence-electron chi connectivity index (χ4n) is 1.30. The van der Waals surface area contributed by atoms with Crippen LogP contribution in [0.3, 0.4) is 0 Å². The molecule has 0 aliphatic heterocycles. The SMILES string of the molecule is CC(=O)C(CCCCCC(=O)O)C(=O)O. The number of ketones is 1. The Hall–Kier alpha value is -1.39. The van der Waals surface area contributed by atoms with E-state index in [0.717, 1.165) is 0 Å². The van der Waals surface area contributed by atoms with Crippen LogP contribution in [0.25, 0.3) is 0 Å². The minimum atomic E-state index is -1.10. The highest BCUT2D eigenvalue weighted by Crippen LogP contribution is 2.12. The Morgan fingerprint density at radius 1 is 1.07 bits per heavy atom. The van der Waals surface area contributed by atoms with Gasteiger partial charge in [-0.3, -0.25) is 14.4 Å². The van der Waals surface area contributed by atoms with E-state index in [4.69, 9.17) is 10.2 Å². The molecule has 5 heteroatoms. The van der Waals surface area contributed by atoms with Gasteiger partial charge in [0.25, 0.3) is 0 Å². The normalized spacial score (nSPS) is 12.1. The van der Waals surface area contributed by atoms with Crippen LogP contribution in [0.5, 0.6) is 0 Å². The zero-order valence-electron chi connectivity index (χ0n) is 8.73. The van der Waals surface area contributed by atoms with E-state index in [2.05, 4.69) is 0 Å². The van der Waals surface area contributed by atoms with E-state index in [-0.39, 0.29) is 12.2 Å². The van der Waals surface area contributed by atoms with E-state index >= 15 is 0 Å². The molecule has 0 saturated carbocycles. The lowest BCUT2D eigenvalue weighted by Crippen LogP contribution is -2.21. The molecule has 0 bridgehead atoms. The van der Waals surface area contributed by atoms with Gasteiger partial charge in [-0.25, -0.2) is 0 Å². The highest BCUT2D eigenvalue weighted by molar-refractivity contribution is 5.96. The molecule has 86 valence electrons. The number of hydrogen-bond acceptors (Lipinski definition) is 3. The third kappa shape index (κ3) is 6.65. The van der Waals surface area contributed by atoms with E-state index in [9.17, 15) is 14.4 Å². The van der Waals surface area contributed by atoms with Gasteiger partial charge in [-0.1, -0.05) is 12.8 Å². The zero-order valence-corrected chi connectivity index (χ0v) is 8.73. The molecule has 1 atom stereocenters. The number of carboxylic acids is 2. The maximum atomic E-state index is 10.9. The van der Waals surface area contributed by atoms with Crippen LogP contribution in [0.15, 0.2) is 0 Å². The van der Waals surface area contributed by atoms with Gasteiger partial charge in [-0.05, 0) is 19.8 Å². The lowest BCUT2D eigenvalue weighted by Gasteiger charge is -2.07. The summed E-state index contributed by atoms with van der Waals surface area (Å²) in [4.78, 5) is 31.6. The Kier molecular flexibility index (Phi) is 6.33. The van der Waals surface area contributed by atoms with Crippen LogP contribution in [0.2, 0.25) is 0 Å². The summed E-state index contributed by atoms with van der Waals surface area (Å²) >= 11 is 0. The highest BCUT2D eigenvalue weighted by atomic mass is 16.4. The Bertz CT molecular complexity index is 232. The van der Waals surface area contributed by atoms with Crippen LogP contribution in [0.1, 0.15) is 39.0 Å². The molecule has 0 aromatic rings. The fourth-order valence-corrected chi connectivity index (χ4v) is 1.30. The molecule has 0 rings (SSSR count). The van der Waals surface area contributed by atoms with Crippen LogP contribution in [0, 0.1) is 5.92 Å². The van der Waals surface area contributed by atoms with E-state index in [1.165, 1.54) is 6.92 Å². The van der Waals surface area contributed by atoms with Crippen molar-refractivity contribution in [1.82, 2.24) is 0 Å². The molecule has 15 heavy (non-hydrogen) atoms. The summed E-state index contributed by atoms with van der Waals surface area (Å²) in [5.74, 6) is -3.23. The van der Waals surface area contributed by atoms with Crippen molar-refractivity contribution in [2.45, 2.75) is 39.0 Å².